The van der Waals surface area contributed by atoms with Crippen LogP contribution in [-0.2, 0) is 9.53 Å². The number of benzene rings is 1. The number of rotatable bonds is 5. The van der Waals surface area contributed by atoms with E-state index in [0.717, 1.165) is 19.3 Å². The highest BCUT2D eigenvalue weighted by Gasteiger charge is 2.36. The molecule has 6 heteroatoms. The number of nitrogens with zero attached hydrogens (tertiary/aromatic N) is 1. The summed E-state index contributed by atoms with van der Waals surface area (Å²) < 4.78 is 23.6. The number of aliphatic hydroxyl groups excluding tert-OH is 1. The minimum atomic E-state index is -0.707. The SMILES string of the molecule is CO[C@@H]1CCC[C@@H](N(C)C(=O)COc2cccc(F)c2)[C@H]1O. The summed E-state index contributed by atoms with van der Waals surface area (Å²) in [6.07, 6.45) is 1.45. The van der Waals surface area contributed by atoms with E-state index in [1.807, 2.05) is 0 Å². The van der Waals surface area contributed by atoms with Crippen molar-refractivity contribution < 1.29 is 23.8 Å². The summed E-state index contributed by atoms with van der Waals surface area (Å²) in [4.78, 5) is 13.7. The van der Waals surface area contributed by atoms with Crippen molar-refractivity contribution in [3.05, 3.63) is 30.1 Å². The third kappa shape index (κ3) is 3.96. The van der Waals surface area contributed by atoms with E-state index in [1.165, 1.54) is 23.1 Å². The molecule has 1 fully saturated rings. The molecule has 1 saturated carbocycles. The maximum Gasteiger partial charge on any atom is 0.260 e. The maximum absolute atomic E-state index is 13.1. The van der Waals surface area contributed by atoms with Gasteiger partial charge in [-0.1, -0.05) is 6.07 Å². The average Bonchev–Trinajstić information content (AvgIpc) is 2.52. The van der Waals surface area contributed by atoms with E-state index in [0.29, 0.717) is 5.75 Å². The van der Waals surface area contributed by atoms with Crippen LogP contribution in [0.4, 0.5) is 4.39 Å². The molecule has 1 aromatic carbocycles. The van der Waals surface area contributed by atoms with Gasteiger partial charge in [0.25, 0.3) is 5.91 Å². The molecule has 5 nitrogen and oxygen atoms in total. The Balaban J connectivity index is 1.91. The molecule has 0 spiro atoms. The Hall–Kier alpha value is -1.66. The molecular formula is C16H22FNO4. The molecule has 1 N–H and O–H groups in total. The Morgan fingerprint density at radius 2 is 2.23 bits per heavy atom. The van der Waals surface area contributed by atoms with E-state index in [-0.39, 0.29) is 24.7 Å². The standard InChI is InChI=1S/C16H22FNO4/c1-18(13-7-4-8-14(21-2)16(13)20)15(19)10-22-12-6-3-5-11(17)9-12/h3,5-6,9,13-14,16,20H,4,7-8,10H2,1-2H3/t13-,14-,16-/m1/s1. The summed E-state index contributed by atoms with van der Waals surface area (Å²) in [5.74, 6) is -0.366. The fourth-order valence-electron chi connectivity index (χ4n) is 2.79. The second-order valence-corrected chi connectivity index (χ2v) is 5.51. The van der Waals surface area contributed by atoms with Gasteiger partial charge in [-0.3, -0.25) is 4.79 Å². The van der Waals surface area contributed by atoms with E-state index >= 15 is 0 Å². The quantitative estimate of drug-likeness (QED) is 0.897. The Bertz CT molecular complexity index is 511. The zero-order valence-corrected chi connectivity index (χ0v) is 12.9. The van der Waals surface area contributed by atoms with E-state index < -0.39 is 11.9 Å². The summed E-state index contributed by atoms with van der Waals surface area (Å²) in [5, 5.41) is 10.3. The third-order valence-electron chi connectivity index (χ3n) is 4.12. The summed E-state index contributed by atoms with van der Waals surface area (Å²) in [6.45, 7) is -0.194. The van der Waals surface area contributed by atoms with Gasteiger partial charge >= 0.3 is 0 Å². The van der Waals surface area contributed by atoms with Crippen molar-refractivity contribution in [2.24, 2.45) is 0 Å². The van der Waals surface area contributed by atoms with Crippen LogP contribution >= 0.6 is 0 Å². The second-order valence-electron chi connectivity index (χ2n) is 5.51. The smallest absolute Gasteiger partial charge is 0.260 e. The Morgan fingerprint density at radius 3 is 2.91 bits per heavy atom. The molecule has 0 saturated heterocycles. The van der Waals surface area contributed by atoms with Gasteiger partial charge in [-0.25, -0.2) is 4.39 Å². The Kier molecular flexibility index (Phi) is 5.74. The normalized spacial score (nSPS) is 24.8. The fourth-order valence-corrected chi connectivity index (χ4v) is 2.79. The van der Waals surface area contributed by atoms with E-state index in [9.17, 15) is 14.3 Å². The molecule has 3 atom stereocenters. The van der Waals surface area contributed by atoms with Gasteiger partial charge in [-0.15, -0.1) is 0 Å². The number of hydrogen-bond acceptors (Lipinski definition) is 4. The largest absolute Gasteiger partial charge is 0.484 e. The lowest BCUT2D eigenvalue weighted by Crippen LogP contribution is -2.53. The zero-order chi connectivity index (χ0) is 16.1. The highest BCUT2D eigenvalue weighted by molar-refractivity contribution is 5.77. The van der Waals surface area contributed by atoms with Crippen LogP contribution in [-0.4, -0.2) is 54.9 Å². The molecule has 122 valence electrons. The first-order valence-corrected chi connectivity index (χ1v) is 7.38. The second kappa shape index (κ2) is 7.56. The first-order valence-electron chi connectivity index (χ1n) is 7.38. The summed E-state index contributed by atoms with van der Waals surface area (Å²) >= 11 is 0. The Morgan fingerprint density at radius 1 is 1.45 bits per heavy atom. The number of amides is 1. The lowest BCUT2D eigenvalue weighted by atomic mass is 9.89. The molecule has 0 radical (unpaired) electrons. The molecule has 0 bridgehead atoms. The van der Waals surface area contributed by atoms with Crippen LogP contribution < -0.4 is 4.74 Å². The number of methoxy groups -OCH3 is 1. The number of halogens is 1. The topological polar surface area (TPSA) is 59.0 Å². The van der Waals surface area contributed by atoms with Crippen molar-refractivity contribution in [3.8, 4) is 5.75 Å². The minimum Gasteiger partial charge on any atom is -0.484 e. The maximum atomic E-state index is 13.1. The highest BCUT2D eigenvalue weighted by Crippen LogP contribution is 2.25. The van der Waals surface area contributed by atoms with Crippen LogP contribution in [0, 0.1) is 5.82 Å². The zero-order valence-electron chi connectivity index (χ0n) is 12.9. The molecule has 0 heterocycles. The molecule has 0 aromatic heterocycles. The van der Waals surface area contributed by atoms with E-state index in [4.69, 9.17) is 9.47 Å². The van der Waals surface area contributed by atoms with E-state index in [1.54, 1.807) is 20.2 Å². The van der Waals surface area contributed by atoms with Gasteiger partial charge in [0.2, 0.25) is 0 Å². The lowest BCUT2D eigenvalue weighted by Gasteiger charge is -2.39. The third-order valence-corrected chi connectivity index (χ3v) is 4.12. The van der Waals surface area contributed by atoms with Crippen LogP contribution in [0.5, 0.6) is 5.75 Å². The van der Waals surface area contributed by atoms with Crippen LogP contribution in [0.2, 0.25) is 0 Å². The van der Waals surface area contributed by atoms with Crippen LogP contribution in [0.3, 0.4) is 0 Å². The molecule has 2 rings (SSSR count). The number of aliphatic hydroxyl groups is 1. The van der Waals surface area contributed by atoms with Gasteiger partial charge in [-0.2, -0.15) is 0 Å². The van der Waals surface area contributed by atoms with Gasteiger partial charge in [0, 0.05) is 20.2 Å². The molecule has 1 amide bonds. The first-order chi connectivity index (χ1) is 10.5. The van der Waals surface area contributed by atoms with Crippen molar-refractivity contribution in [2.75, 3.05) is 20.8 Å². The van der Waals surface area contributed by atoms with Crippen LogP contribution in [0.1, 0.15) is 19.3 Å². The van der Waals surface area contributed by atoms with Crippen molar-refractivity contribution in [1.29, 1.82) is 0 Å². The summed E-state index contributed by atoms with van der Waals surface area (Å²) in [6, 6.07) is 5.36. The van der Waals surface area contributed by atoms with Gasteiger partial charge in [-0.05, 0) is 31.4 Å². The molecule has 1 aliphatic carbocycles. The molecule has 1 aliphatic rings. The fraction of sp³-hybridized carbons (Fsp3) is 0.562. The molecule has 22 heavy (non-hydrogen) atoms. The van der Waals surface area contributed by atoms with Crippen molar-refractivity contribution in [3.63, 3.8) is 0 Å². The molecular weight excluding hydrogens is 289 g/mol. The van der Waals surface area contributed by atoms with Crippen molar-refractivity contribution in [1.82, 2.24) is 4.90 Å². The number of carbonyl (C=O) groups is 1. The first kappa shape index (κ1) is 16.7. The monoisotopic (exact) mass is 311 g/mol. The van der Waals surface area contributed by atoms with Gasteiger partial charge in [0.15, 0.2) is 6.61 Å². The van der Waals surface area contributed by atoms with Gasteiger partial charge in [0.05, 0.1) is 12.1 Å². The van der Waals surface area contributed by atoms with Crippen LogP contribution in [0.15, 0.2) is 24.3 Å². The predicted molar refractivity (Wildman–Crippen MR) is 79.1 cm³/mol. The average molecular weight is 311 g/mol. The minimum absolute atomic E-state index is 0.194. The van der Waals surface area contributed by atoms with Crippen LogP contribution in [0.25, 0.3) is 0 Å². The van der Waals surface area contributed by atoms with Crippen molar-refractivity contribution >= 4 is 5.91 Å². The highest BCUT2D eigenvalue weighted by atomic mass is 19.1. The molecule has 0 aliphatic heterocycles. The number of likely N-dealkylation sites (N-methyl/N-ethyl adjacent to an activating group) is 1. The number of carbonyl (C=O) groups excluding carboxylic acids is 1. The number of ether oxygens (including phenoxy) is 2. The number of hydrogen-bond donors (Lipinski definition) is 1. The Labute approximate surface area is 129 Å². The van der Waals surface area contributed by atoms with Crippen molar-refractivity contribution in [2.45, 2.75) is 37.5 Å². The summed E-state index contributed by atoms with van der Waals surface area (Å²) in [5.41, 5.74) is 0. The van der Waals surface area contributed by atoms with Gasteiger partial charge in [0.1, 0.15) is 17.7 Å². The molecule has 1 aromatic rings. The molecule has 0 unspecified atom stereocenters. The van der Waals surface area contributed by atoms with Gasteiger partial charge < -0.3 is 19.5 Å². The lowest BCUT2D eigenvalue weighted by molar-refractivity contribution is -0.142. The summed E-state index contributed by atoms with van der Waals surface area (Å²) in [7, 11) is 3.20. The predicted octanol–water partition coefficient (Wildman–Crippen LogP) is 1.59. The van der Waals surface area contributed by atoms with E-state index in [2.05, 4.69) is 0 Å².